The maximum atomic E-state index is 4.94. The van der Waals surface area contributed by atoms with Crippen molar-refractivity contribution in [3.05, 3.63) is 52.8 Å². The maximum absolute atomic E-state index is 4.94. The molecular formula is C21H30N6. The van der Waals surface area contributed by atoms with Gasteiger partial charge >= 0.3 is 0 Å². The summed E-state index contributed by atoms with van der Waals surface area (Å²) in [7, 11) is 0. The molecule has 0 radical (unpaired) electrons. The molecule has 6 nitrogen and oxygen atoms in total. The Morgan fingerprint density at radius 2 is 1.67 bits per heavy atom. The third-order valence-corrected chi connectivity index (χ3v) is 4.98. The number of aryl methyl sites for hydroxylation is 3. The van der Waals surface area contributed by atoms with E-state index in [4.69, 9.17) is 4.99 Å². The topological polar surface area (TPSA) is 56.7 Å². The Bertz CT molecular complexity index is 756. The van der Waals surface area contributed by atoms with Crippen LogP contribution in [0.5, 0.6) is 0 Å². The van der Waals surface area contributed by atoms with Gasteiger partial charge in [0.1, 0.15) is 0 Å². The highest BCUT2D eigenvalue weighted by Gasteiger charge is 2.21. The summed E-state index contributed by atoms with van der Waals surface area (Å²) in [5.74, 6) is 1.80. The van der Waals surface area contributed by atoms with E-state index in [1.54, 1.807) is 12.4 Å². The van der Waals surface area contributed by atoms with E-state index in [0.717, 1.165) is 44.6 Å². The Morgan fingerprint density at radius 1 is 1.04 bits per heavy atom. The first kappa shape index (κ1) is 19.1. The molecule has 0 bridgehead atoms. The highest BCUT2D eigenvalue weighted by Crippen LogP contribution is 2.18. The molecule has 0 saturated carbocycles. The first-order chi connectivity index (χ1) is 13.1. The zero-order chi connectivity index (χ0) is 19.2. The minimum Gasteiger partial charge on any atom is -0.357 e. The molecule has 1 aromatic carbocycles. The summed E-state index contributed by atoms with van der Waals surface area (Å²) in [6.07, 6.45) is 3.60. The van der Waals surface area contributed by atoms with Gasteiger partial charge in [0.05, 0.1) is 6.54 Å². The molecule has 1 aliphatic heterocycles. The number of aromatic nitrogens is 2. The smallest absolute Gasteiger partial charge is 0.225 e. The van der Waals surface area contributed by atoms with Crippen LogP contribution in [-0.4, -0.2) is 53.6 Å². The van der Waals surface area contributed by atoms with Crippen molar-refractivity contribution in [2.75, 3.05) is 37.6 Å². The van der Waals surface area contributed by atoms with Gasteiger partial charge < -0.3 is 15.1 Å². The van der Waals surface area contributed by atoms with Gasteiger partial charge in [0, 0.05) is 45.1 Å². The lowest BCUT2D eigenvalue weighted by Crippen LogP contribution is -2.53. The van der Waals surface area contributed by atoms with Gasteiger partial charge in [-0.15, -0.1) is 0 Å². The highest BCUT2D eigenvalue weighted by atomic mass is 15.4. The molecule has 1 saturated heterocycles. The lowest BCUT2D eigenvalue weighted by atomic mass is 10.00. The lowest BCUT2D eigenvalue weighted by molar-refractivity contribution is 0.370. The van der Waals surface area contributed by atoms with E-state index in [0.29, 0.717) is 6.54 Å². The normalized spacial score (nSPS) is 15.2. The van der Waals surface area contributed by atoms with Crippen molar-refractivity contribution in [1.82, 2.24) is 20.2 Å². The van der Waals surface area contributed by atoms with Crippen LogP contribution in [0, 0.1) is 20.8 Å². The van der Waals surface area contributed by atoms with Crippen LogP contribution in [0.25, 0.3) is 0 Å². The number of nitrogens with one attached hydrogen (secondary N) is 1. The number of aliphatic imine (C=N–C) groups is 1. The van der Waals surface area contributed by atoms with Crippen LogP contribution in [0.3, 0.4) is 0 Å². The van der Waals surface area contributed by atoms with Crippen LogP contribution in [0.4, 0.5) is 5.95 Å². The van der Waals surface area contributed by atoms with E-state index in [-0.39, 0.29) is 0 Å². The molecule has 6 heteroatoms. The molecule has 1 aromatic heterocycles. The van der Waals surface area contributed by atoms with Crippen molar-refractivity contribution in [2.45, 2.75) is 34.2 Å². The molecule has 2 aromatic rings. The molecule has 0 spiro atoms. The Morgan fingerprint density at radius 3 is 2.26 bits per heavy atom. The minimum absolute atomic E-state index is 0.711. The SMILES string of the molecule is CCNC(=NCc1c(C)cc(C)cc1C)N1CCN(c2ncccn2)CC1. The first-order valence-corrected chi connectivity index (χ1v) is 9.70. The van der Waals surface area contributed by atoms with Crippen LogP contribution < -0.4 is 10.2 Å². The summed E-state index contributed by atoms with van der Waals surface area (Å²) in [5.41, 5.74) is 5.27. The average Bonchev–Trinajstić information content (AvgIpc) is 2.67. The molecule has 1 fully saturated rings. The molecule has 1 aliphatic rings. The number of nitrogens with zero attached hydrogens (tertiary/aromatic N) is 5. The third-order valence-electron chi connectivity index (χ3n) is 4.98. The lowest BCUT2D eigenvalue weighted by Gasteiger charge is -2.36. The molecule has 0 aliphatic carbocycles. The Labute approximate surface area is 162 Å². The molecule has 3 rings (SSSR count). The second-order valence-electron chi connectivity index (χ2n) is 7.07. The van der Waals surface area contributed by atoms with Gasteiger partial charge in [-0.1, -0.05) is 17.7 Å². The summed E-state index contributed by atoms with van der Waals surface area (Å²) in [4.78, 5) is 18.2. The van der Waals surface area contributed by atoms with E-state index in [2.05, 4.69) is 64.9 Å². The minimum atomic E-state index is 0.711. The zero-order valence-electron chi connectivity index (χ0n) is 16.9. The van der Waals surface area contributed by atoms with Crippen LogP contribution in [0.2, 0.25) is 0 Å². The zero-order valence-corrected chi connectivity index (χ0v) is 16.9. The molecule has 0 unspecified atom stereocenters. The van der Waals surface area contributed by atoms with Crippen LogP contribution in [-0.2, 0) is 6.54 Å². The van der Waals surface area contributed by atoms with E-state index in [1.807, 2.05) is 6.07 Å². The second kappa shape index (κ2) is 8.84. The number of piperazine rings is 1. The number of guanidine groups is 1. The van der Waals surface area contributed by atoms with Crippen molar-refractivity contribution >= 4 is 11.9 Å². The Balaban J connectivity index is 1.68. The molecule has 0 amide bonds. The van der Waals surface area contributed by atoms with E-state index in [1.165, 1.54) is 22.3 Å². The number of rotatable bonds is 4. The van der Waals surface area contributed by atoms with E-state index < -0.39 is 0 Å². The van der Waals surface area contributed by atoms with Gasteiger partial charge in [0.25, 0.3) is 0 Å². The fourth-order valence-electron chi connectivity index (χ4n) is 3.61. The average molecular weight is 367 g/mol. The number of hydrogen-bond donors (Lipinski definition) is 1. The van der Waals surface area contributed by atoms with Crippen LogP contribution >= 0.6 is 0 Å². The predicted octanol–water partition coefficient (Wildman–Crippen LogP) is 2.69. The molecule has 1 N–H and O–H groups in total. The summed E-state index contributed by atoms with van der Waals surface area (Å²) < 4.78 is 0. The molecule has 0 atom stereocenters. The summed E-state index contributed by atoms with van der Waals surface area (Å²) in [6, 6.07) is 6.33. The van der Waals surface area contributed by atoms with Gasteiger partial charge in [0.15, 0.2) is 5.96 Å². The Hall–Kier alpha value is -2.63. The Kier molecular flexibility index (Phi) is 6.27. The standard InChI is InChI=1S/C21H30N6/c1-5-22-20(25-15-19-17(3)13-16(2)14-18(19)4)26-9-11-27(12-10-26)21-23-7-6-8-24-21/h6-8,13-14H,5,9-12,15H2,1-4H3,(H,22,25). The molecular weight excluding hydrogens is 336 g/mol. The second-order valence-corrected chi connectivity index (χ2v) is 7.07. The number of anilines is 1. The van der Waals surface area contributed by atoms with Gasteiger partial charge in [0.2, 0.25) is 5.95 Å². The fraction of sp³-hybridized carbons (Fsp3) is 0.476. The fourth-order valence-corrected chi connectivity index (χ4v) is 3.61. The van der Waals surface area contributed by atoms with Crippen LogP contribution in [0.15, 0.2) is 35.6 Å². The first-order valence-electron chi connectivity index (χ1n) is 9.70. The van der Waals surface area contributed by atoms with Crippen LogP contribution in [0.1, 0.15) is 29.2 Å². The van der Waals surface area contributed by atoms with Gasteiger partial charge in [-0.05, 0) is 50.5 Å². The highest BCUT2D eigenvalue weighted by molar-refractivity contribution is 5.80. The summed E-state index contributed by atoms with van der Waals surface area (Å²) in [5, 5.41) is 3.45. The van der Waals surface area contributed by atoms with Crippen molar-refractivity contribution in [1.29, 1.82) is 0 Å². The number of benzene rings is 1. The van der Waals surface area contributed by atoms with Gasteiger partial charge in [-0.2, -0.15) is 0 Å². The third kappa shape index (κ3) is 4.76. The number of hydrogen-bond acceptors (Lipinski definition) is 4. The van der Waals surface area contributed by atoms with E-state index in [9.17, 15) is 0 Å². The maximum Gasteiger partial charge on any atom is 0.225 e. The van der Waals surface area contributed by atoms with E-state index >= 15 is 0 Å². The summed E-state index contributed by atoms with van der Waals surface area (Å²) >= 11 is 0. The molecule has 2 heterocycles. The van der Waals surface area contributed by atoms with Gasteiger partial charge in [-0.25, -0.2) is 15.0 Å². The van der Waals surface area contributed by atoms with Crippen molar-refractivity contribution < 1.29 is 0 Å². The van der Waals surface area contributed by atoms with Crippen molar-refractivity contribution in [3.63, 3.8) is 0 Å². The monoisotopic (exact) mass is 366 g/mol. The van der Waals surface area contributed by atoms with Gasteiger partial charge in [-0.3, -0.25) is 0 Å². The predicted molar refractivity (Wildman–Crippen MR) is 111 cm³/mol. The largest absolute Gasteiger partial charge is 0.357 e. The van der Waals surface area contributed by atoms with Crippen molar-refractivity contribution in [2.24, 2.45) is 4.99 Å². The van der Waals surface area contributed by atoms with Crippen molar-refractivity contribution in [3.8, 4) is 0 Å². The summed E-state index contributed by atoms with van der Waals surface area (Å²) in [6.45, 7) is 13.8. The molecule has 144 valence electrons. The quantitative estimate of drug-likeness (QED) is 0.666. The molecule has 27 heavy (non-hydrogen) atoms.